The topological polar surface area (TPSA) is 26.3 Å². The van der Waals surface area contributed by atoms with Gasteiger partial charge in [-0.15, -0.1) is 0 Å². The number of carbonyl (C=O) groups excluding carboxylic acids is 1. The van der Waals surface area contributed by atoms with Crippen LogP contribution in [0.2, 0.25) is 0 Å². The van der Waals surface area contributed by atoms with Gasteiger partial charge in [-0.05, 0) is 36.2 Å². The van der Waals surface area contributed by atoms with E-state index in [9.17, 15) is 13.6 Å². The SMILES string of the molecule is O=C(CCc1c(Br)cccc1Br)c1cccc(OC(F)F)c1. The third-order valence-corrected chi connectivity index (χ3v) is 4.53. The molecular weight excluding hydrogens is 422 g/mol. The molecular formula is C16H12Br2F2O2. The minimum Gasteiger partial charge on any atom is -0.435 e. The summed E-state index contributed by atoms with van der Waals surface area (Å²) >= 11 is 6.90. The highest BCUT2D eigenvalue weighted by molar-refractivity contribution is 9.11. The third-order valence-electron chi connectivity index (χ3n) is 3.04. The van der Waals surface area contributed by atoms with Crippen LogP contribution in [0.1, 0.15) is 22.3 Å². The van der Waals surface area contributed by atoms with Crippen LogP contribution in [-0.4, -0.2) is 12.4 Å². The van der Waals surface area contributed by atoms with Gasteiger partial charge in [0.15, 0.2) is 5.78 Å². The molecule has 22 heavy (non-hydrogen) atoms. The Morgan fingerprint density at radius 3 is 2.36 bits per heavy atom. The zero-order chi connectivity index (χ0) is 16.1. The van der Waals surface area contributed by atoms with Crippen molar-refractivity contribution in [2.45, 2.75) is 19.5 Å². The fraction of sp³-hybridized carbons (Fsp3) is 0.188. The summed E-state index contributed by atoms with van der Waals surface area (Å²) in [5.74, 6) is -0.134. The molecule has 0 amide bonds. The summed E-state index contributed by atoms with van der Waals surface area (Å²) in [6.45, 7) is -2.90. The van der Waals surface area contributed by atoms with Crippen molar-refractivity contribution in [1.82, 2.24) is 0 Å². The van der Waals surface area contributed by atoms with Gasteiger partial charge < -0.3 is 4.74 Å². The number of carbonyl (C=O) groups is 1. The molecule has 0 aromatic heterocycles. The Bertz CT molecular complexity index is 655. The molecule has 0 aliphatic carbocycles. The number of alkyl halides is 2. The maximum absolute atomic E-state index is 12.2. The molecule has 0 atom stereocenters. The van der Waals surface area contributed by atoms with Gasteiger partial charge in [-0.3, -0.25) is 4.79 Å². The van der Waals surface area contributed by atoms with E-state index in [4.69, 9.17) is 0 Å². The van der Waals surface area contributed by atoms with Gasteiger partial charge in [-0.2, -0.15) is 8.78 Å². The van der Waals surface area contributed by atoms with Gasteiger partial charge in [0.05, 0.1) is 0 Å². The van der Waals surface area contributed by atoms with E-state index in [1.807, 2.05) is 18.2 Å². The molecule has 0 unspecified atom stereocenters. The smallest absolute Gasteiger partial charge is 0.387 e. The average Bonchev–Trinajstić information content (AvgIpc) is 2.46. The zero-order valence-electron chi connectivity index (χ0n) is 11.4. The molecule has 0 bridgehead atoms. The lowest BCUT2D eigenvalue weighted by atomic mass is 10.0. The van der Waals surface area contributed by atoms with Crippen molar-refractivity contribution in [2.24, 2.45) is 0 Å². The van der Waals surface area contributed by atoms with Crippen LogP contribution in [0.25, 0.3) is 0 Å². The number of hydrogen-bond donors (Lipinski definition) is 0. The molecule has 0 heterocycles. The summed E-state index contributed by atoms with van der Waals surface area (Å²) in [5.41, 5.74) is 1.36. The second kappa shape index (κ2) is 7.83. The van der Waals surface area contributed by atoms with Gasteiger partial charge in [-0.25, -0.2) is 0 Å². The van der Waals surface area contributed by atoms with Crippen molar-refractivity contribution in [1.29, 1.82) is 0 Å². The van der Waals surface area contributed by atoms with Crippen LogP contribution in [-0.2, 0) is 6.42 Å². The Morgan fingerprint density at radius 1 is 1.09 bits per heavy atom. The maximum Gasteiger partial charge on any atom is 0.387 e. The number of benzene rings is 2. The first-order valence-corrected chi connectivity index (χ1v) is 8.07. The summed E-state index contributed by atoms with van der Waals surface area (Å²) in [4.78, 5) is 12.2. The Labute approximate surface area is 143 Å². The summed E-state index contributed by atoms with van der Waals surface area (Å²) in [6, 6.07) is 11.6. The zero-order valence-corrected chi connectivity index (χ0v) is 14.5. The van der Waals surface area contributed by atoms with Crippen LogP contribution in [0.5, 0.6) is 5.75 Å². The Kier molecular flexibility index (Phi) is 6.08. The fourth-order valence-corrected chi connectivity index (χ4v) is 3.39. The van der Waals surface area contributed by atoms with E-state index in [0.29, 0.717) is 12.0 Å². The molecule has 0 N–H and O–H groups in total. The number of rotatable bonds is 6. The van der Waals surface area contributed by atoms with Crippen LogP contribution in [0, 0.1) is 0 Å². The number of Topliss-reactive ketones (excluding diaryl/α,β-unsaturated/α-hetero) is 1. The number of halogens is 4. The average molecular weight is 434 g/mol. The quantitative estimate of drug-likeness (QED) is 0.552. The van der Waals surface area contributed by atoms with Gasteiger partial charge in [0.1, 0.15) is 5.75 Å². The standard InChI is InChI=1S/C16H12Br2F2O2/c17-13-5-2-6-14(18)12(13)7-8-15(21)10-3-1-4-11(9-10)22-16(19)20/h1-6,9,16H,7-8H2. The monoisotopic (exact) mass is 432 g/mol. The van der Waals surface area contributed by atoms with E-state index in [1.54, 1.807) is 6.07 Å². The second-order valence-corrected chi connectivity index (χ2v) is 6.24. The predicted molar refractivity (Wildman–Crippen MR) is 87.6 cm³/mol. The maximum atomic E-state index is 12.2. The van der Waals surface area contributed by atoms with Crippen LogP contribution < -0.4 is 4.74 Å². The van der Waals surface area contributed by atoms with Crippen molar-refractivity contribution in [3.8, 4) is 5.75 Å². The van der Waals surface area contributed by atoms with Crippen LogP contribution in [0.4, 0.5) is 8.78 Å². The highest BCUT2D eigenvalue weighted by Gasteiger charge is 2.12. The highest BCUT2D eigenvalue weighted by atomic mass is 79.9. The fourth-order valence-electron chi connectivity index (χ4n) is 2.00. The molecule has 0 saturated carbocycles. The predicted octanol–water partition coefficient (Wildman–Crippen LogP) is 5.63. The van der Waals surface area contributed by atoms with Crippen molar-refractivity contribution in [2.75, 3.05) is 0 Å². The van der Waals surface area contributed by atoms with Crippen molar-refractivity contribution < 1.29 is 18.3 Å². The minimum atomic E-state index is -2.90. The molecule has 2 rings (SSSR count). The molecule has 116 valence electrons. The van der Waals surface area contributed by atoms with E-state index in [-0.39, 0.29) is 18.0 Å². The minimum absolute atomic E-state index is 0.0112. The van der Waals surface area contributed by atoms with Gasteiger partial charge in [-0.1, -0.05) is 50.1 Å². The van der Waals surface area contributed by atoms with Gasteiger partial charge in [0, 0.05) is 20.9 Å². The summed E-state index contributed by atoms with van der Waals surface area (Å²) < 4.78 is 30.5. The summed E-state index contributed by atoms with van der Waals surface area (Å²) in [6.07, 6.45) is 0.820. The molecule has 0 saturated heterocycles. The summed E-state index contributed by atoms with van der Waals surface area (Å²) in [7, 11) is 0. The molecule has 2 aromatic rings. The molecule has 2 nitrogen and oxygen atoms in total. The normalized spacial score (nSPS) is 10.8. The lowest BCUT2D eigenvalue weighted by Gasteiger charge is -2.08. The van der Waals surface area contributed by atoms with Gasteiger partial charge in [0.2, 0.25) is 0 Å². The second-order valence-electron chi connectivity index (χ2n) is 4.53. The summed E-state index contributed by atoms with van der Waals surface area (Å²) in [5, 5.41) is 0. The van der Waals surface area contributed by atoms with Crippen LogP contribution in [0.3, 0.4) is 0 Å². The largest absolute Gasteiger partial charge is 0.435 e. The van der Waals surface area contributed by atoms with Gasteiger partial charge >= 0.3 is 6.61 Å². The first kappa shape index (κ1) is 17.1. The molecule has 0 aliphatic heterocycles. The molecule has 2 aromatic carbocycles. The van der Waals surface area contributed by atoms with Crippen LogP contribution in [0.15, 0.2) is 51.4 Å². The Morgan fingerprint density at radius 2 is 1.73 bits per heavy atom. The van der Waals surface area contributed by atoms with E-state index in [0.717, 1.165) is 14.5 Å². The highest BCUT2D eigenvalue weighted by Crippen LogP contribution is 2.27. The molecule has 0 aliphatic rings. The Hall–Kier alpha value is -1.27. The lowest BCUT2D eigenvalue weighted by molar-refractivity contribution is -0.0498. The van der Waals surface area contributed by atoms with E-state index in [2.05, 4.69) is 36.6 Å². The van der Waals surface area contributed by atoms with Crippen molar-refractivity contribution >= 4 is 37.6 Å². The first-order valence-electron chi connectivity index (χ1n) is 6.48. The van der Waals surface area contributed by atoms with Crippen molar-refractivity contribution in [3.63, 3.8) is 0 Å². The van der Waals surface area contributed by atoms with Crippen molar-refractivity contribution in [3.05, 3.63) is 62.5 Å². The van der Waals surface area contributed by atoms with E-state index >= 15 is 0 Å². The molecule has 6 heteroatoms. The number of ether oxygens (including phenoxy) is 1. The first-order chi connectivity index (χ1) is 10.5. The van der Waals surface area contributed by atoms with E-state index < -0.39 is 6.61 Å². The lowest BCUT2D eigenvalue weighted by Crippen LogP contribution is -2.05. The molecule has 0 fully saturated rings. The Balaban J connectivity index is 2.06. The number of hydrogen-bond acceptors (Lipinski definition) is 2. The molecule has 0 spiro atoms. The van der Waals surface area contributed by atoms with Gasteiger partial charge in [0.25, 0.3) is 0 Å². The van der Waals surface area contributed by atoms with E-state index in [1.165, 1.54) is 18.2 Å². The third kappa shape index (κ3) is 4.61. The molecule has 0 radical (unpaired) electrons. The number of ketones is 1. The van der Waals surface area contributed by atoms with Crippen LogP contribution >= 0.6 is 31.9 Å².